The molecule has 0 bridgehead atoms. The Morgan fingerprint density at radius 2 is 2.06 bits per heavy atom. The number of benzene rings is 1. The maximum absolute atomic E-state index is 11.8. The zero-order valence-corrected chi connectivity index (χ0v) is 9.29. The Balaban J connectivity index is 2.49. The first kappa shape index (κ1) is 11.5. The number of aliphatic carboxylic acids is 1. The van der Waals surface area contributed by atoms with Crippen LogP contribution in [-0.4, -0.2) is 30.1 Å². The van der Waals surface area contributed by atoms with Crippen molar-refractivity contribution in [2.75, 3.05) is 7.11 Å². The lowest BCUT2D eigenvalue weighted by atomic mass is 9.82. The summed E-state index contributed by atoms with van der Waals surface area (Å²) < 4.78 is 4.92. The molecule has 1 aliphatic carbocycles. The molecule has 1 aromatic carbocycles. The van der Waals surface area contributed by atoms with Crippen molar-refractivity contribution in [1.82, 2.24) is 0 Å². The van der Waals surface area contributed by atoms with Crippen LogP contribution in [0.1, 0.15) is 17.0 Å². The molecule has 17 heavy (non-hydrogen) atoms. The molecule has 0 aliphatic heterocycles. The minimum absolute atomic E-state index is 0.238. The third-order valence-corrected chi connectivity index (χ3v) is 2.86. The van der Waals surface area contributed by atoms with Gasteiger partial charge < -0.3 is 9.84 Å². The van der Waals surface area contributed by atoms with Crippen LogP contribution in [0.3, 0.4) is 0 Å². The van der Waals surface area contributed by atoms with E-state index in [0.29, 0.717) is 5.56 Å². The number of carbonyl (C=O) groups is 2. The summed E-state index contributed by atoms with van der Waals surface area (Å²) in [6.07, 6.45) is 1.96. The molecule has 2 unspecified atom stereocenters. The Labute approximate surface area is 98.5 Å². The second-order valence-corrected chi connectivity index (χ2v) is 3.84. The summed E-state index contributed by atoms with van der Waals surface area (Å²) >= 11 is 0. The van der Waals surface area contributed by atoms with Gasteiger partial charge in [0.1, 0.15) is 0 Å². The van der Waals surface area contributed by atoms with Gasteiger partial charge in [-0.25, -0.2) is 4.79 Å². The molecule has 0 fully saturated rings. The van der Waals surface area contributed by atoms with Gasteiger partial charge in [-0.1, -0.05) is 30.3 Å². The molecule has 4 heteroatoms. The van der Waals surface area contributed by atoms with Crippen LogP contribution in [0.5, 0.6) is 0 Å². The van der Waals surface area contributed by atoms with Crippen LogP contribution in [0.25, 0.3) is 6.08 Å². The number of rotatable bonds is 3. The first-order valence-corrected chi connectivity index (χ1v) is 5.21. The molecule has 0 aromatic heterocycles. The molecule has 88 valence electrons. The monoisotopic (exact) mass is 232 g/mol. The molecule has 2 rings (SSSR count). The lowest BCUT2D eigenvalue weighted by Gasteiger charge is -2.24. The number of ketones is 1. The molecule has 0 saturated carbocycles. The first-order chi connectivity index (χ1) is 8.15. The maximum Gasteiger partial charge on any atom is 0.333 e. The number of allylic oxidation sites excluding steroid dienone is 1. The Bertz CT molecular complexity index is 490. The van der Waals surface area contributed by atoms with Crippen molar-refractivity contribution >= 4 is 17.8 Å². The number of carbonyl (C=O) groups excluding carboxylic acids is 1. The topological polar surface area (TPSA) is 63.6 Å². The van der Waals surface area contributed by atoms with Crippen molar-refractivity contribution in [1.29, 1.82) is 0 Å². The fraction of sp³-hybridized carbons (Fsp3) is 0.231. The van der Waals surface area contributed by atoms with Gasteiger partial charge in [-0.3, -0.25) is 4.79 Å². The summed E-state index contributed by atoms with van der Waals surface area (Å²) in [5.74, 6) is -2.13. The Kier molecular flexibility index (Phi) is 3.06. The van der Waals surface area contributed by atoms with E-state index >= 15 is 0 Å². The Morgan fingerprint density at radius 1 is 1.35 bits per heavy atom. The van der Waals surface area contributed by atoms with Crippen LogP contribution in [0.15, 0.2) is 30.3 Å². The predicted molar refractivity (Wildman–Crippen MR) is 61.7 cm³/mol. The van der Waals surface area contributed by atoms with E-state index in [1.54, 1.807) is 18.2 Å². The van der Waals surface area contributed by atoms with Crippen LogP contribution < -0.4 is 0 Å². The third-order valence-electron chi connectivity index (χ3n) is 2.86. The number of carboxylic acid groups (broad SMARTS) is 1. The van der Waals surface area contributed by atoms with E-state index in [2.05, 4.69) is 0 Å². The molecule has 0 radical (unpaired) electrons. The number of fused-ring (bicyclic) bond motifs is 1. The van der Waals surface area contributed by atoms with Crippen LogP contribution in [0.4, 0.5) is 0 Å². The number of carboxylic acids is 1. The number of methoxy groups -OCH3 is 1. The summed E-state index contributed by atoms with van der Waals surface area (Å²) in [4.78, 5) is 22.9. The highest BCUT2D eigenvalue weighted by Gasteiger charge is 2.36. The van der Waals surface area contributed by atoms with E-state index in [9.17, 15) is 9.59 Å². The number of hydrogen-bond acceptors (Lipinski definition) is 3. The molecule has 1 aromatic rings. The second-order valence-electron chi connectivity index (χ2n) is 3.84. The first-order valence-electron chi connectivity index (χ1n) is 5.21. The molecule has 0 spiro atoms. The molecular formula is C13H12O4. The molecule has 0 amide bonds. The quantitative estimate of drug-likeness (QED) is 0.857. The largest absolute Gasteiger partial charge is 0.479 e. The van der Waals surface area contributed by atoms with Gasteiger partial charge in [0.2, 0.25) is 0 Å². The minimum atomic E-state index is -1.14. The summed E-state index contributed by atoms with van der Waals surface area (Å²) in [6, 6.07) is 7.24. The average molecular weight is 232 g/mol. The van der Waals surface area contributed by atoms with Crippen molar-refractivity contribution in [3.8, 4) is 0 Å². The van der Waals surface area contributed by atoms with Crippen molar-refractivity contribution in [3.63, 3.8) is 0 Å². The molecule has 4 nitrogen and oxygen atoms in total. The number of ether oxygens (including phenoxy) is 1. The summed E-state index contributed by atoms with van der Waals surface area (Å²) in [6.45, 7) is 0. The van der Waals surface area contributed by atoms with Crippen LogP contribution in [0, 0.1) is 0 Å². The van der Waals surface area contributed by atoms with Gasteiger partial charge in [0.25, 0.3) is 0 Å². The van der Waals surface area contributed by atoms with E-state index in [1.165, 1.54) is 13.2 Å². The van der Waals surface area contributed by atoms with Gasteiger partial charge in [-0.05, 0) is 17.2 Å². The fourth-order valence-corrected chi connectivity index (χ4v) is 2.07. The van der Waals surface area contributed by atoms with E-state index in [-0.39, 0.29) is 5.78 Å². The minimum Gasteiger partial charge on any atom is -0.479 e. The zero-order chi connectivity index (χ0) is 12.4. The average Bonchev–Trinajstić information content (AvgIpc) is 2.32. The van der Waals surface area contributed by atoms with Crippen molar-refractivity contribution < 1.29 is 19.4 Å². The molecule has 2 atom stereocenters. The van der Waals surface area contributed by atoms with Crippen LogP contribution in [0.2, 0.25) is 0 Å². The van der Waals surface area contributed by atoms with Crippen LogP contribution in [-0.2, 0) is 14.3 Å². The molecule has 0 saturated heterocycles. The van der Waals surface area contributed by atoms with Gasteiger partial charge in [0.05, 0.1) is 5.92 Å². The lowest BCUT2D eigenvalue weighted by Crippen LogP contribution is -2.35. The van der Waals surface area contributed by atoms with E-state index < -0.39 is 18.0 Å². The Morgan fingerprint density at radius 3 is 2.71 bits per heavy atom. The van der Waals surface area contributed by atoms with Gasteiger partial charge in [0, 0.05) is 7.11 Å². The zero-order valence-electron chi connectivity index (χ0n) is 9.29. The smallest absolute Gasteiger partial charge is 0.333 e. The molecule has 1 N–H and O–H groups in total. The second kappa shape index (κ2) is 4.51. The highest BCUT2D eigenvalue weighted by molar-refractivity contribution is 6.04. The molecule has 0 heterocycles. The lowest BCUT2D eigenvalue weighted by molar-refractivity contribution is -0.151. The fourth-order valence-electron chi connectivity index (χ4n) is 2.07. The SMILES string of the molecule is COC(C(=O)O)C1C(=O)C=Cc2ccccc21. The van der Waals surface area contributed by atoms with Gasteiger partial charge in [0.15, 0.2) is 11.9 Å². The third kappa shape index (κ3) is 1.99. The van der Waals surface area contributed by atoms with Crippen molar-refractivity contribution in [2.45, 2.75) is 12.0 Å². The predicted octanol–water partition coefficient (Wildman–Crippen LogP) is 1.47. The van der Waals surface area contributed by atoms with E-state index in [0.717, 1.165) is 5.56 Å². The normalized spacial score (nSPS) is 19.8. The van der Waals surface area contributed by atoms with Gasteiger partial charge in [-0.15, -0.1) is 0 Å². The van der Waals surface area contributed by atoms with Gasteiger partial charge >= 0.3 is 5.97 Å². The molecular weight excluding hydrogens is 220 g/mol. The van der Waals surface area contributed by atoms with Crippen molar-refractivity contribution in [3.05, 3.63) is 41.5 Å². The van der Waals surface area contributed by atoms with Gasteiger partial charge in [-0.2, -0.15) is 0 Å². The van der Waals surface area contributed by atoms with E-state index in [1.807, 2.05) is 12.1 Å². The maximum atomic E-state index is 11.8. The summed E-state index contributed by atoms with van der Waals surface area (Å²) in [5, 5.41) is 9.07. The van der Waals surface area contributed by atoms with Crippen molar-refractivity contribution in [2.24, 2.45) is 0 Å². The molecule has 1 aliphatic rings. The number of hydrogen-bond donors (Lipinski definition) is 1. The highest BCUT2D eigenvalue weighted by Crippen LogP contribution is 2.31. The Hall–Kier alpha value is -1.94. The summed E-state index contributed by atoms with van der Waals surface area (Å²) in [7, 11) is 1.30. The highest BCUT2D eigenvalue weighted by atomic mass is 16.5. The standard InChI is InChI=1S/C13H12O4/c1-17-12(13(15)16)11-9-5-3-2-4-8(9)6-7-10(11)14/h2-7,11-12H,1H3,(H,15,16). The van der Waals surface area contributed by atoms with Crippen LogP contribution >= 0.6 is 0 Å². The van der Waals surface area contributed by atoms with E-state index in [4.69, 9.17) is 9.84 Å². The summed E-state index contributed by atoms with van der Waals surface area (Å²) in [5.41, 5.74) is 1.56.